The molecule has 1 aliphatic heterocycles. The fourth-order valence-electron chi connectivity index (χ4n) is 2.54. The van der Waals surface area contributed by atoms with Crippen LogP contribution < -0.4 is 5.32 Å². The van der Waals surface area contributed by atoms with Crippen LogP contribution in [0, 0.1) is 0 Å². The summed E-state index contributed by atoms with van der Waals surface area (Å²) < 4.78 is 0. The summed E-state index contributed by atoms with van der Waals surface area (Å²) in [4.78, 5) is 37.5. The van der Waals surface area contributed by atoms with E-state index in [2.05, 4.69) is 5.32 Å². The smallest absolute Gasteiger partial charge is 0.261 e. The molecule has 1 aromatic carbocycles. The van der Waals surface area contributed by atoms with Gasteiger partial charge in [0.15, 0.2) is 0 Å². The van der Waals surface area contributed by atoms with Crippen molar-refractivity contribution in [2.75, 3.05) is 18.8 Å². The predicted octanol–water partition coefficient (Wildman–Crippen LogP) is 2.71. The maximum absolute atomic E-state index is 12.2. The number of carbonyl (C=O) groups is 3. The molecule has 0 saturated heterocycles. The van der Waals surface area contributed by atoms with Crippen molar-refractivity contribution in [3.63, 3.8) is 0 Å². The Morgan fingerprint density at radius 2 is 1.79 bits per heavy atom. The van der Waals surface area contributed by atoms with E-state index in [9.17, 15) is 14.4 Å². The summed E-state index contributed by atoms with van der Waals surface area (Å²) in [5.41, 5.74) is 0.996. The minimum Gasteiger partial charge on any atom is -0.355 e. The number of carbonyl (C=O) groups excluding carboxylic acids is 3. The molecule has 1 aliphatic rings. The Bertz CT molecular complexity index is 583. The minimum absolute atomic E-state index is 0.0715. The van der Waals surface area contributed by atoms with Gasteiger partial charge in [0.05, 0.1) is 16.4 Å². The molecular weight excluding hydrogens is 324 g/mol. The number of fused-ring (bicyclic) bond motifs is 1. The summed E-state index contributed by atoms with van der Waals surface area (Å²) in [6.07, 6.45) is 2.55. The summed E-state index contributed by atoms with van der Waals surface area (Å²) in [5.74, 6) is 0.512. The first kappa shape index (κ1) is 18.5. The number of rotatable bonds is 9. The van der Waals surface area contributed by atoms with Crippen LogP contribution in [0.3, 0.4) is 0 Å². The van der Waals surface area contributed by atoms with Crippen molar-refractivity contribution in [3.8, 4) is 0 Å². The number of benzene rings is 1. The average molecular weight is 348 g/mol. The molecule has 3 amide bonds. The molecule has 1 aromatic rings. The molecule has 130 valence electrons. The predicted molar refractivity (Wildman–Crippen MR) is 96.3 cm³/mol. The maximum atomic E-state index is 12.2. The highest BCUT2D eigenvalue weighted by Gasteiger charge is 2.34. The molecule has 6 heteroatoms. The summed E-state index contributed by atoms with van der Waals surface area (Å²) >= 11 is 1.61. The van der Waals surface area contributed by atoms with Gasteiger partial charge in [-0.3, -0.25) is 19.3 Å². The normalized spacial score (nSPS) is 14.7. The fraction of sp³-hybridized carbons (Fsp3) is 0.500. The number of imide groups is 1. The second-order valence-corrected chi connectivity index (χ2v) is 7.27. The van der Waals surface area contributed by atoms with Gasteiger partial charge in [-0.25, -0.2) is 0 Å². The lowest BCUT2D eigenvalue weighted by Crippen LogP contribution is -2.32. The molecule has 0 spiro atoms. The molecule has 0 saturated carbocycles. The summed E-state index contributed by atoms with van der Waals surface area (Å²) in [7, 11) is 0. The highest BCUT2D eigenvalue weighted by Crippen LogP contribution is 2.23. The fourth-order valence-corrected chi connectivity index (χ4v) is 3.50. The van der Waals surface area contributed by atoms with Crippen LogP contribution in [0.2, 0.25) is 0 Å². The van der Waals surface area contributed by atoms with Gasteiger partial charge in [-0.2, -0.15) is 0 Å². The lowest BCUT2D eigenvalue weighted by Gasteiger charge is -2.14. The van der Waals surface area contributed by atoms with E-state index in [4.69, 9.17) is 0 Å². The molecule has 1 atom stereocenters. The van der Waals surface area contributed by atoms with Gasteiger partial charge in [0.25, 0.3) is 11.8 Å². The van der Waals surface area contributed by atoms with Crippen molar-refractivity contribution in [1.29, 1.82) is 0 Å². The van der Waals surface area contributed by atoms with Crippen LogP contribution in [0.4, 0.5) is 0 Å². The standard InChI is InChI=1S/C18H24N2O3S/c1-3-10-19-16(21)13(2)24-12-7-6-11-20-17(22)14-8-4-5-9-15(14)18(20)23/h4-5,8-9,13H,3,6-7,10-12H2,1-2H3,(H,19,21). The molecule has 0 aromatic heterocycles. The van der Waals surface area contributed by atoms with Crippen LogP contribution in [-0.4, -0.2) is 46.7 Å². The van der Waals surface area contributed by atoms with Crippen molar-refractivity contribution in [2.24, 2.45) is 0 Å². The molecule has 0 fully saturated rings. The van der Waals surface area contributed by atoms with E-state index in [1.165, 1.54) is 4.90 Å². The van der Waals surface area contributed by atoms with E-state index in [1.54, 1.807) is 36.0 Å². The largest absolute Gasteiger partial charge is 0.355 e. The molecule has 2 rings (SSSR count). The number of nitrogens with one attached hydrogen (secondary N) is 1. The third-order valence-corrected chi connectivity index (χ3v) is 5.18. The molecule has 1 unspecified atom stereocenters. The van der Waals surface area contributed by atoms with Gasteiger partial charge in [0.2, 0.25) is 5.91 Å². The first-order valence-corrected chi connectivity index (χ1v) is 9.45. The van der Waals surface area contributed by atoms with Gasteiger partial charge in [-0.15, -0.1) is 11.8 Å². The van der Waals surface area contributed by atoms with Crippen molar-refractivity contribution in [3.05, 3.63) is 35.4 Å². The molecular formula is C18H24N2O3S. The van der Waals surface area contributed by atoms with Gasteiger partial charge in [-0.05, 0) is 44.1 Å². The zero-order chi connectivity index (χ0) is 17.5. The van der Waals surface area contributed by atoms with Crippen molar-refractivity contribution in [1.82, 2.24) is 10.2 Å². The Labute approximate surface area is 147 Å². The van der Waals surface area contributed by atoms with E-state index in [0.717, 1.165) is 25.0 Å². The lowest BCUT2D eigenvalue weighted by molar-refractivity contribution is -0.120. The lowest BCUT2D eigenvalue weighted by atomic mass is 10.1. The first-order chi connectivity index (χ1) is 11.6. The summed E-state index contributed by atoms with van der Waals surface area (Å²) in [6, 6.07) is 6.94. The van der Waals surface area contributed by atoms with Crippen LogP contribution in [0.5, 0.6) is 0 Å². The first-order valence-electron chi connectivity index (χ1n) is 8.40. The SMILES string of the molecule is CCCNC(=O)C(C)SCCCCN1C(=O)c2ccccc2C1=O. The van der Waals surface area contributed by atoms with Crippen molar-refractivity contribution in [2.45, 2.75) is 38.4 Å². The monoisotopic (exact) mass is 348 g/mol. The summed E-state index contributed by atoms with van der Waals surface area (Å²) in [5, 5.41) is 2.81. The average Bonchev–Trinajstić information content (AvgIpc) is 2.84. The zero-order valence-electron chi connectivity index (χ0n) is 14.2. The second-order valence-electron chi connectivity index (χ2n) is 5.82. The maximum Gasteiger partial charge on any atom is 0.261 e. The summed E-state index contributed by atoms with van der Waals surface area (Å²) in [6.45, 7) is 5.07. The van der Waals surface area contributed by atoms with Gasteiger partial charge in [-0.1, -0.05) is 19.1 Å². The molecule has 0 aliphatic carbocycles. The van der Waals surface area contributed by atoms with E-state index in [1.807, 2.05) is 13.8 Å². The van der Waals surface area contributed by atoms with Crippen LogP contribution in [0.25, 0.3) is 0 Å². The number of thioether (sulfide) groups is 1. The van der Waals surface area contributed by atoms with Crippen LogP contribution in [-0.2, 0) is 4.79 Å². The third-order valence-electron chi connectivity index (χ3n) is 3.94. The second kappa shape index (κ2) is 8.87. The van der Waals surface area contributed by atoms with E-state index in [0.29, 0.717) is 24.2 Å². The third kappa shape index (κ3) is 4.38. The van der Waals surface area contributed by atoms with Gasteiger partial charge in [0.1, 0.15) is 0 Å². The Morgan fingerprint density at radius 3 is 2.38 bits per heavy atom. The number of amides is 3. The highest BCUT2D eigenvalue weighted by atomic mass is 32.2. The van der Waals surface area contributed by atoms with E-state index >= 15 is 0 Å². The van der Waals surface area contributed by atoms with Gasteiger partial charge >= 0.3 is 0 Å². The molecule has 0 radical (unpaired) electrons. The Morgan fingerprint density at radius 1 is 1.17 bits per heavy atom. The highest BCUT2D eigenvalue weighted by molar-refractivity contribution is 8.00. The van der Waals surface area contributed by atoms with Gasteiger partial charge in [0, 0.05) is 13.1 Å². The molecule has 5 nitrogen and oxygen atoms in total. The van der Waals surface area contributed by atoms with Crippen LogP contribution >= 0.6 is 11.8 Å². The zero-order valence-corrected chi connectivity index (χ0v) is 15.0. The topological polar surface area (TPSA) is 66.5 Å². The van der Waals surface area contributed by atoms with E-state index in [-0.39, 0.29) is 23.0 Å². The van der Waals surface area contributed by atoms with Crippen molar-refractivity contribution >= 4 is 29.5 Å². The number of hydrogen-bond acceptors (Lipinski definition) is 4. The molecule has 0 bridgehead atoms. The minimum atomic E-state index is -0.199. The quantitative estimate of drug-likeness (QED) is 0.550. The Balaban J connectivity index is 1.69. The molecule has 1 N–H and O–H groups in total. The van der Waals surface area contributed by atoms with Crippen LogP contribution in [0.1, 0.15) is 53.8 Å². The van der Waals surface area contributed by atoms with Gasteiger partial charge < -0.3 is 5.32 Å². The number of unbranched alkanes of at least 4 members (excludes halogenated alkanes) is 1. The Kier molecular flexibility index (Phi) is 6.85. The van der Waals surface area contributed by atoms with Crippen molar-refractivity contribution < 1.29 is 14.4 Å². The number of nitrogens with zero attached hydrogens (tertiary/aromatic N) is 1. The molecule has 24 heavy (non-hydrogen) atoms. The number of hydrogen-bond donors (Lipinski definition) is 1. The van der Waals surface area contributed by atoms with Crippen LogP contribution in [0.15, 0.2) is 24.3 Å². The molecule has 1 heterocycles. The Hall–Kier alpha value is -1.82. The van der Waals surface area contributed by atoms with E-state index < -0.39 is 0 Å².